The van der Waals surface area contributed by atoms with Crippen molar-refractivity contribution in [2.24, 2.45) is 0 Å². The van der Waals surface area contributed by atoms with E-state index in [2.05, 4.69) is 42.5 Å². The van der Waals surface area contributed by atoms with Crippen LogP contribution in [0.15, 0.2) is 75.3 Å². The Morgan fingerprint density at radius 1 is 1.05 bits per heavy atom. The van der Waals surface area contributed by atoms with Crippen molar-refractivity contribution in [3.8, 4) is 5.75 Å². The summed E-state index contributed by atoms with van der Waals surface area (Å²) in [4.78, 5) is 49.8. The highest BCUT2D eigenvalue weighted by Gasteiger charge is 2.35. The SMILES string of the molecule is CCc1ccccc1NC(=O)CN1C(=O)N/C(=C/c2cc(Br)c(OCc3ccc(C(=O)O)cc3)c(Br)c2)C1=O. The van der Waals surface area contributed by atoms with Gasteiger partial charge in [0, 0.05) is 5.69 Å². The number of imide groups is 1. The molecule has 4 rings (SSSR count). The first-order valence-electron chi connectivity index (χ1n) is 11.8. The van der Waals surface area contributed by atoms with Crippen LogP contribution in [0, 0.1) is 0 Å². The molecule has 39 heavy (non-hydrogen) atoms. The maximum atomic E-state index is 12.9. The summed E-state index contributed by atoms with van der Waals surface area (Å²) in [6.45, 7) is 1.75. The number of carbonyl (C=O) groups is 4. The van der Waals surface area contributed by atoms with Gasteiger partial charge in [0.2, 0.25) is 5.91 Å². The van der Waals surface area contributed by atoms with Crippen LogP contribution in [0.4, 0.5) is 10.5 Å². The fourth-order valence-electron chi connectivity index (χ4n) is 3.87. The standard InChI is InChI=1S/C28H23Br2N3O6/c1-2-18-5-3-4-6-22(18)31-24(34)14-33-26(35)23(32-28(33)38)13-17-11-20(29)25(21(30)12-17)39-15-16-7-9-19(10-8-16)27(36)37/h3-13H,2,14-15H2,1H3,(H,31,34)(H,32,38)(H,36,37)/b23-13+. The van der Waals surface area contributed by atoms with E-state index in [1.165, 1.54) is 18.2 Å². The number of carbonyl (C=O) groups excluding carboxylic acids is 3. The van der Waals surface area contributed by atoms with E-state index in [0.29, 0.717) is 25.9 Å². The number of hydrogen-bond donors (Lipinski definition) is 3. The Morgan fingerprint density at radius 2 is 1.72 bits per heavy atom. The van der Waals surface area contributed by atoms with Crippen molar-refractivity contribution in [2.75, 3.05) is 11.9 Å². The van der Waals surface area contributed by atoms with E-state index in [4.69, 9.17) is 9.84 Å². The molecule has 0 atom stereocenters. The minimum Gasteiger partial charge on any atom is -0.487 e. The van der Waals surface area contributed by atoms with E-state index in [1.54, 1.807) is 36.4 Å². The van der Waals surface area contributed by atoms with E-state index >= 15 is 0 Å². The van der Waals surface area contributed by atoms with Gasteiger partial charge >= 0.3 is 12.0 Å². The fraction of sp³-hybridized carbons (Fsp3) is 0.143. The highest BCUT2D eigenvalue weighted by Crippen LogP contribution is 2.36. The third kappa shape index (κ3) is 6.73. The lowest BCUT2D eigenvalue weighted by Gasteiger charge is -2.13. The maximum Gasteiger partial charge on any atom is 0.335 e. The van der Waals surface area contributed by atoms with Gasteiger partial charge in [-0.1, -0.05) is 37.3 Å². The van der Waals surface area contributed by atoms with Gasteiger partial charge in [0.25, 0.3) is 5.91 Å². The molecule has 1 heterocycles. The summed E-state index contributed by atoms with van der Waals surface area (Å²) in [6.07, 6.45) is 2.23. The number of aryl methyl sites for hydroxylation is 1. The van der Waals surface area contributed by atoms with E-state index in [9.17, 15) is 19.2 Å². The van der Waals surface area contributed by atoms with Crippen molar-refractivity contribution >= 4 is 67.4 Å². The molecule has 0 aliphatic carbocycles. The molecule has 9 nitrogen and oxygen atoms in total. The lowest BCUT2D eigenvalue weighted by atomic mass is 10.1. The molecule has 1 aliphatic rings. The molecule has 1 saturated heterocycles. The van der Waals surface area contributed by atoms with Crippen molar-refractivity contribution in [3.05, 3.63) is 97.6 Å². The van der Waals surface area contributed by atoms with Gasteiger partial charge in [0.05, 0.1) is 14.5 Å². The van der Waals surface area contributed by atoms with Crippen molar-refractivity contribution in [2.45, 2.75) is 20.0 Å². The van der Waals surface area contributed by atoms with Crippen LogP contribution in [-0.2, 0) is 22.6 Å². The van der Waals surface area contributed by atoms with Crippen LogP contribution in [-0.4, -0.2) is 40.4 Å². The van der Waals surface area contributed by atoms with Gasteiger partial charge in [0.1, 0.15) is 24.6 Å². The Kier molecular flexibility index (Phi) is 8.82. The van der Waals surface area contributed by atoms with Crippen LogP contribution in [0.3, 0.4) is 0 Å². The minimum absolute atomic E-state index is 0.0350. The lowest BCUT2D eigenvalue weighted by Crippen LogP contribution is -2.38. The van der Waals surface area contributed by atoms with E-state index < -0.39 is 30.4 Å². The second-order valence-electron chi connectivity index (χ2n) is 8.54. The average Bonchev–Trinajstić information content (AvgIpc) is 3.15. The summed E-state index contributed by atoms with van der Waals surface area (Å²) in [5.41, 5.74) is 3.19. The third-order valence-corrected chi connectivity index (χ3v) is 7.03. The number of anilines is 1. The van der Waals surface area contributed by atoms with Gasteiger partial charge in [-0.2, -0.15) is 0 Å². The topological polar surface area (TPSA) is 125 Å². The van der Waals surface area contributed by atoms with Crippen molar-refractivity contribution in [1.82, 2.24) is 10.2 Å². The highest BCUT2D eigenvalue weighted by molar-refractivity contribution is 9.11. The van der Waals surface area contributed by atoms with E-state index in [1.807, 2.05) is 19.1 Å². The quantitative estimate of drug-likeness (QED) is 0.204. The summed E-state index contributed by atoms with van der Waals surface area (Å²) in [6, 6.07) is 16.5. The molecule has 3 N–H and O–H groups in total. The van der Waals surface area contributed by atoms with Crippen LogP contribution in [0.25, 0.3) is 6.08 Å². The zero-order valence-electron chi connectivity index (χ0n) is 20.7. The van der Waals surface area contributed by atoms with Gasteiger partial charge in [-0.15, -0.1) is 0 Å². The Morgan fingerprint density at radius 3 is 2.36 bits per heavy atom. The number of rotatable bonds is 9. The van der Waals surface area contributed by atoms with Crippen LogP contribution in [0.5, 0.6) is 5.75 Å². The summed E-state index contributed by atoms with van der Waals surface area (Å²) in [5.74, 6) is -1.59. The maximum absolute atomic E-state index is 12.9. The van der Waals surface area contributed by atoms with E-state index in [-0.39, 0.29) is 17.9 Å². The van der Waals surface area contributed by atoms with Crippen molar-refractivity contribution < 1.29 is 29.0 Å². The first kappa shape index (κ1) is 28.1. The van der Waals surface area contributed by atoms with E-state index in [0.717, 1.165) is 22.4 Å². The monoisotopic (exact) mass is 655 g/mol. The normalized spacial score (nSPS) is 13.9. The number of nitrogens with one attached hydrogen (secondary N) is 2. The molecule has 11 heteroatoms. The summed E-state index contributed by atoms with van der Waals surface area (Å²) >= 11 is 6.94. The third-order valence-electron chi connectivity index (χ3n) is 5.85. The number of benzene rings is 3. The summed E-state index contributed by atoms with van der Waals surface area (Å²) < 4.78 is 7.07. The average molecular weight is 657 g/mol. The number of aromatic carboxylic acids is 1. The predicted molar refractivity (Wildman–Crippen MR) is 152 cm³/mol. The number of carboxylic acids is 1. The van der Waals surface area contributed by atoms with Crippen LogP contribution >= 0.6 is 31.9 Å². The molecule has 0 unspecified atom stereocenters. The highest BCUT2D eigenvalue weighted by atomic mass is 79.9. The Bertz CT molecular complexity index is 1460. The minimum atomic E-state index is -1.00. The zero-order chi connectivity index (χ0) is 28.1. The molecule has 3 aromatic carbocycles. The van der Waals surface area contributed by atoms with Crippen LogP contribution in [0.2, 0.25) is 0 Å². The van der Waals surface area contributed by atoms with Crippen LogP contribution in [0.1, 0.15) is 34.0 Å². The first-order chi connectivity index (χ1) is 18.7. The summed E-state index contributed by atoms with van der Waals surface area (Å²) in [7, 11) is 0. The number of ether oxygens (including phenoxy) is 1. The molecule has 3 aromatic rings. The van der Waals surface area contributed by atoms with Gasteiger partial charge in [-0.3, -0.25) is 9.59 Å². The molecule has 0 saturated carbocycles. The number of para-hydroxylation sites is 1. The number of amides is 4. The lowest BCUT2D eigenvalue weighted by molar-refractivity contribution is -0.127. The molecule has 0 aromatic heterocycles. The van der Waals surface area contributed by atoms with Crippen molar-refractivity contribution in [3.63, 3.8) is 0 Å². The zero-order valence-corrected chi connectivity index (χ0v) is 23.8. The molecule has 0 spiro atoms. The van der Waals surface area contributed by atoms with Gasteiger partial charge in [0.15, 0.2) is 0 Å². The number of urea groups is 1. The largest absolute Gasteiger partial charge is 0.487 e. The molecule has 1 aliphatic heterocycles. The van der Waals surface area contributed by atoms with Crippen LogP contribution < -0.4 is 15.4 Å². The first-order valence-corrected chi connectivity index (χ1v) is 13.4. The number of carboxylic acid groups (broad SMARTS) is 1. The molecule has 0 radical (unpaired) electrons. The Hall–Kier alpha value is -3.96. The molecule has 1 fully saturated rings. The molecule has 0 bridgehead atoms. The van der Waals surface area contributed by atoms with Crippen molar-refractivity contribution in [1.29, 1.82) is 0 Å². The number of hydrogen-bond acceptors (Lipinski definition) is 5. The molecular formula is C28H23Br2N3O6. The predicted octanol–water partition coefficient (Wildman–Crippen LogP) is 5.58. The molecular weight excluding hydrogens is 634 g/mol. The Labute approximate surface area is 241 Å². The Balaban J connectivity index is 1.43. The molecule has 4 amide bonds. The summed E-state index contributed by atoms with van der Waals surface area (Å²) in [5, 5.41) is 14.3. The van der Waals surface area contributed by atoms with Gasteiger partial charge < -0.3 is 20.5 Å². The van der Waals surface area contributed by atoms with Gasteiger partial charge in [-0.05, 0) is 91.4 Å². The second-order valence-corrected chi connectivity index (χ2v) is 10.3. The second kappa shape index (κ2) is 12.3. The number of nitrogens with zero attached hydrogens (tertiary/aromatic N) is 1. The smallest absolute Gasteiger partial charge is 0.335 e. The van der Waals surface area contributed by atoms with Gasteiger partial charge in [-0.25, -0.2) is 14.5 Å². The molecule has 200 valence electrons. The fourth-order valence-corrected chi connectivity index (χ4v) is 5.32. The number of halogens is 2.